The van der Waals surface area contributed by atoms with E-state index in [-0.39, 0.29) is 41.2 Å². The van der Waals surface area contributed by atoms with Crippen LogP contribution in [0.25, 0.3) is 21.9 Å². The van der Waals surface area contributed by atoms with Gasteiger partial charge in [-0.1, -0.05) is 60.7 Å². The highest BCUT2D eigenvalue weighted by atomic mass is 32.2. The number of methoxy groups -OCH3 is 3. The van der Waals surface area contributed by atoms with Gasteiger partial charge in [-0.2, -0.15) is 0 Å². The van der Waals surface area contributed by atoms with Crippen LogP contribution in [0.15, 0.2) is 83.8 Å². The predicted molar refractivity (Wildman–Crippen MR) is 162 cm³/mol. The lowest BCUT2D eigenvalue weighted by atomic mass is 9.97. The highest BCUT2D eigenvalue weighted by Gasteiger charge is 2.21. The van der Waals surface area contributed by atoms with Crippen molar-refractivity contribution < 1.29 is 32.2 Å². The monoisotopic (exact) mass is 590 g/mol. The number of hydrogen-bond acceptors (Lipinski definition) is 8. The Labute approximate surface area is 245 Å². The summed E-state index contributed by atoms with van der Waals surface area (Å²) in [5.41, 5.74) is 3.78. The number of rotatable bonds is 12. The first-order valence-electron chi connectivity index (χ1n) is 13.3. The van der Waals surface area contributed by atoms with Gasteiger partial charge in [-0.15, -0.1) is 0 Å². The smallest absolute Gasteiger partial charge is 0.309 e. The van der Waals surface area contributed by atoms with E-state index in [9.17, 15) is 18.0 Å². The minimum atomic E-state index is -4.01. The first-order valence-corrected chi connectivity index (χ1v) is 14.8. The lowest BCUT2D eigenvalue weighted by Crippen LogP contribution is -2.28. The average molecular weight is 591 g/mol. The summed E-state index contributed by atoms with van der Waals surface area (Å²) < 4.78 is 44.7. The van der Waals surface area contributed by atoms with Crippen molar-refractivity contribution >= 4 is 38.4 Å². The van der Waals surface area contributed by atoms with Crippen LogP contribution >= 0.6 is 0 Å². The van der Waals surface area contributed by atoms with E-state index in [2.05, 4.69) is 10.0 Å². The van der Waals surface area contributed by atoms with Crippen molar-refractivity contribution in [2.24, 2.45) is 0 Å². The number of ether oxygens (including phenoxy) is 3. The number of hydrogen-bond donors (Lipinski definition) is 2. The lowest BCUT2D eigenvalue weighted by molar-refractivity contribution is -0.141. The third-order valence-electron chi connectivity index (χ3n) is 6.88. The number of carbonyl (C=O) groups excluding carboxylic acids is 2. The van der Waals surface area contributed by atoms with Crippen molar-refractivity contribution in [1.29, 1.82) is 0 Å². The van der Waals surface area contributed by atoms with Gasteiger partial charge in [-0.3, -0.25) is 14.3 Å². The molecule has 1 atom stereocenters. The van der Waals surface area contributed by atoms with Gasteiger partial charge in [0.2, 0.25) is 0 Å². The fourth-order valence-electron chi connectivity index (χ4n) is 4.63. The molecular formula is C32H34N2O7S. The van der Waals surface area contributed by atoms with Crippen LogP contribution in [-0.2, 0) is 42.1 Å². The highest BCUT2D eigenvalue weighted by Crippen LogP contribution is 2.35. The number of sulfonamides is 1. The van der Waals surface area contributed by atoms with Gasteiger partial charge in [0.1, 0.15) is 5.75 Å². The Morgan fingerprint density at radius 3 is 2.14 bits per heavy atom. The molecule has 0 aliphatic carbocycles. The maximum atomic E-state index is 13.6. The minimum Gasteiger partial charge on any atom is -0.495 e. The van der Waals surface area contributed by atoms with Gasteiger partial charge in [0.05, 0.1) is 44.8 Å². The Hall–Kier alpha value is -4.41. The molecule has 4 rings (SSSR count). The molecule has 42 heavy (non-hydrogen) atoms. The Morgan fingerprint density at radius 1 is 0.810 bits per heavy atom. The van der Waals surface area contributed by atoms with Crippen LogP contribution in [0.3, 0.4) is 0 Å². The molecule has 0 heterocycles. The largest absolute Gasteiger partial charge is 0.495 e. The molecule has 0 aliphatic heterocycles. The van der Waals surface area contributed by atoms with E-state index in [0.29, 0.717) is 17.5 Å². The van der Waals surface area contributed by atoms with E-state index in [0.717, 1.165) is 22.1 Å². The van der Waals surface area contributed by atoms with E-state index in [1.54, 1.807) is 42.5 Å². The van der Waals surface area contributed by atoms with Gasteiger partial charge in [0.15, 0.2) is 0 Å². The summed E-state index contributed by atoms with van der Waals surface area (Å²) in [7, 11) is 0.111. The molecule has 0 aromatic heterocycles. The summed E-state index contributed by atoms with van der Waals surface area (Å²) in [4.78, 5) is 23.3. The van der Waals surface area contributed by atoms with E-state index in [1.807, 2.05) is 43.3 Å². The molecule has 4 aromatic rings. The van der Waals surface area contributed by atoms with Gasteiger partial charge in [0, 0.05) is 18.0 Å². The number of benzene rings is 4. The molecular weight excluding hydrogens is 556 g/mol. The first kappa shape index (κ1) is 30.5. The van der Waals surface area contributed by atoms with E-state index < -0.39 is 16.0 Å². The average Bonchev–Trinajstić information content (AvgIpc) is 3.00. The molecule has 4 aromatic carbocycles. The summed E-state index contributed by atoms with van der Waals surface area (Å²) in [6.07, 6.45) is 0.330. The van der Waals surface area contributed by atoms with Gasteiger partial charge in [0.25, 0.3) is 10.0 Å². The third kappa shape index (κ3) is 7.26. The van der Waals surface area contributed by atoms with Crippen molar-refractivity contribution in [3.8, 4) is 16.9 Å². The second kappa shape index (κ2) is 13.5. The fourth-order valence-corrected chi connectivity index (χ4v) is 5.91. The molecule has 0 unspecified atom stereocenters. The molecule has 0 radical (unpaired) electrons. The Balaban J connectivity index is 1.59. The predicted octanol–water partition coefficient (Wildman–Crippen LogP) is 5.07. The fraction of sp³-hybridized carbons (Fsp3) is 0.250. The van der Waals surface area contributed by atoms with Crippen LogP contribution in [0.1, 0.15) is 24.5 Å². The molecule has 2 N–H and O–H groups in total. The summed E-state index contributed by atoms with van der Waals surface area (Å²) in [6, 6.07) is 23.6. The van der Waals surface area contributed by atoms with Crippen LogP contribution in [0.5, 0.6) is 5.75 Å². The van der Waals surface area contributed by atoms with Crippen LogP contribution in [-0.4, -0.2) is 47.7 Å². The Bertz CT molecular complexity index is 1690. The molecule has 0 amide bonds. The second-order valence-electron chi connectivity index (χ2n) is 9.81. The van der Waals surface area contributed by atoms with Crippen molar-refractivity contribution in [2.75, 3.05) is 26.1 Å². The second-order valence-corrected chi connectivity index (χ2v) is 11.5. The SMILES string of the molecule is COC(=O)Cc1ccc(NS(=O)(=O)c2ccc(-c3ccc(CN[C@@H](C)CC(=O)OC)cc3)c3ccccc23)c(OC)c1. The maximum Gasteiger partial charge on any atom is 0.309 e. The van der Waals surface area contributed by atoms with Crippen LogP contribution in [0.2, 0.25) is 0 Å². The summed E-state index contributed by atoms with van der Waals surface area (Å²) >= 11 is 0. The standard InChI is InChI=1S/C32H34N2O7S/c1-21(17-31(35)40-3)33-20-22-9-12-24(13-10-22)25-14-16-30(27-8-6-5-7-26(25)27)42(37,38)34-28-15-11-23(18-29(28)39-2)19-32(36)41-4/h5-16,18,21,33-34H,17,19-20H2,1-4H3/t21-/m0/s1. The zero-order chi connectivity index (χ0) is 30.3. The molecule has 0 fully saturated rings. The van der Waals surface area contributed by atoms with Crippen molar-refractivity contribution in [2.45, 2.75) is 37.2 Å². The van der Waals surface area contributed by atoms with E-state index in [4.69, 9.17) is 14.2 Å². The minimum absolute atomic E-state index is 0.0260. The Morgan fingerprint density at radius 2 is 1.48 bits per heavy atom. The molecule has 0 aliphatic rings. The van der Waals surface area contributed by atoms with Crippen LogP contribution < -0.4 is 14.8 Å². The molecule has 0 saturated heterocycles. The van der Waals surface area contributed by atoms with Crippen molar-refractivity contribution in [3.05, 3.63) is 90.0 Å². The van der Waals surface area contributed by atoms with E-state index >= 15 is 0 Å². The third-order valence-corrected chi connectivity index (χ3v) is 8.30. The van der Waals surface area contributed by atoms with Gasteiger partial charge < -0.3 is 19.5 Å². The van der Waals surface area contributed by atoms with Gasteiger partial charge in [-0.05, 0) is 52.8 Å². The van der Waals surface area contributed by atoms with Crippen LogP contribution in [0, 0.1) is 0 Å². The highest BCUT2D eigenvalue weighted by molar-refractivity contribution is 7.93. The molecule has 220 valence electrons. The zero-order valence-electron chi connectivity index (χ0n) is 24.0. The molecule has 0 spiro atoms. The number of carbonyl (C=O) groups is 2. The number of esters is 2. The number of anilines is 1. The Kier molecular flexibility index (Phi) is 9.82. The van der Waals surface area contributed by atoms with Crippen molar-refractivity contribution in [3.63, 3.8) is 0 Å². The number of fused-ring (bicyclic) bond motifs is 1. The first-order chi connectivity index (χ1) is 20.1. The maximum absolute atomic E-state index is 13.6. The normalized spacial score (nSPS) is 12.0. The summed E-state index contributed by atoms with van der Waals surface area (Å²) in [5.74, 6) is -0.380. The zero-order valence-corrected chi connectivity index (χ0v) is 24.8. The van der Waals surface area contributed by atoms with Gasteiger partial charge >= 0.3 is 11.9 Å². The van der Waals surface area contributed by atoms with Crippen LogP contribution in [0.4, 0.5) is 5.69 Å². The quantitative estimate of drug-likeness (QED) is 0.220. The molecule has 0 saturated carbocycles. The molecule has 9 nitrogen and oxygen atoms in total. The van der Waals surface area contributed by atoms with Gasteiger partial charge in [-0.25, -0.2) is 8.42 Å². The molecule has 10 heteroatoms. The van der Waals surface area contributed by atoms with E-state index in [1.165, 1.54) is 21.3 Å². The topological polar surface area (TPSA) is 120 Å². The summed E-state index contributed by atoms with van der Waals surface area (Å²) in [6.45, 7) is 2.52. The lowest BCUT2D eigenvalue weighted by Gasteiger charge is -2.16. The molecule has 0 bridgehead atoms. The number of nitrogens with one attached hydrogen (secondary N) is 2. The van der Waals surface area contributed by atoms with Crippen molar-refractivity contribution in [1.82, 2.24) is 5.32 Å². The summed E-state index contributed by atoms with van der Waals surface area (Å²) in [5, 5.41) is 4.68.